The first kappa shape index (κ1) is 17.2. The predicted octanol–water partition coefficient (Wildman–Crippen LogP) is 0.744. The van der Waals surface area contributed by atoms with Gasteiger partial charge < -0.3 is 24.5 Å². The summed E-state index contributed by atoms with van der Waals surface area (Å²) in [6.07, 6.45) is 2.65. The van der Waals surface area contributed by atoms with E-state index < -0.39 is 17.9 Å². The minimum absolute atomic E-state index is 0.327. The van der Waals surface area contributed by atoms with Crippen molar-refractivity contribution in [2.24, 2.45) is 0 Å². The van der Waals surface area contributed by atoms with Crippen LogP contribution >= 0.6 is 0 Å². The molecule has 1 aromatic rings. The van der Waals surface area contributed by atoms with E-state index in [0.717, 1.165) is 0 Å². The number of hydrogen-bond donors (Lipinski definition) is 2. The third-order valence-electron chi connectivity index (χ3n) is 3.04. The number of ether oxygens (including phenoxy) is 2. The van der Waals surface area contributed by atoms with Gasteiger partial charge in [-0.2, -0.15) is 0 Å². The number of amides is 1. The van der Waals surface area contributed by atoms with E-state index in [4.69, 9.17) is 14.6 Å². The van der Waals surface area contributed by atoms with E-state index in [-0.39, 0.29) is 0 Å². The summed E-state index contributed by atoms with van der Waals surface area (Å²) in [5, 5.41) is 11.7. The highest BCUT2D eigenvalue weighted by molar-refractivity contribution is 5.95. The highest BCUT2D eigenvalue weighted by atomic mass is 16.5. The first-order chi connectivity index (χ1) is 10.1. The smallest absolute Gasteiger partial charge is 0.326 e. The molecule has 1 amide bonds. The maximum absolute atomic E-state index is 12.2. The zero-order valence-corrected chi connectivity index (χ0v) is 12.4. The van der Waals surface area contributed by atoms with Crippen LogP contribution in [0.4, 0.5) is 0 Å². The zero-order valence-electron chi connectivity index (χ0n) is 12.4. The van der Waals surface area contributed by atoms with Crippen molar-refractivity contribution < 1.29 is 24.2 Å². The van der Waals surface area contributed by atoms with Gasteiger partial charge in [0.1, 0.15) is 11.7 Å². The van der Waals surface area contributed by atoms with Crippen molar-refractivity contribution in [1.29, 1.82) is 0 Å². The van der Waals surface area contributed by atoms with Crippen LogP contribution in [-0.2, 0) is 20.8 Å². The molecule has 0 aliphatic carbocycles. The summed E-state index contributed by atoms with van der Waals surface area (Å²) in [6, 6.07) is 2.48. The number of nitrogens with one attached hydrogen (secondary N) is 1. The average Bonchev–Trinajstić information content (AvgIpc) is 2.92. The Morgan fingerprint density at radius 1 is 1.33 bits per heavy atom. The lowest BCUT2D eigenvalue weighted by atomic mass is 10.1. The summed E-state index contributed by atoms with van der Waals surface area (Å²) >= 11 is 0. The Morgan fingerprint density at radius 3 is 2.67 bits per heavy atom. The Hall–Kier alpha value is -1.86. The summed E-state index contributed by atoms with van der Waals surface area (Å²) in [4.78, 5) is 23.3. The van der Waals surface area contributed by atoms with Gasteiger partial charge in [0.05, 0.1) is 6.61 Å². The molecule has 0 saturated heterocycles. The van der Waals surface area contributed by atoms with Gasteiger partial charge in [0.25, 0.3) is 5.91 Å². The maximum Gasteiger partial charge on any atom is 0.326 e. The molecule has 2 N–H and O–H groups in total. The van der Waals surface area contributed by atoms with Crippen LogP contribution in [0.1, 0.15) is 23.3 Å². The second-order valence-corrected chi connectivity index (χ2v) is 4.58. The Bertz CT molecular complexity index is 458. The fourth-order valence-corrected chi connectivity index (χ4v) is 1.93. The van der Waals surface area contributed by atoms with Crippen LogP contribution < -0.4 is 5.32 Å². The Labute approximate surface area is 123 Å². The lowest BCUT2D eigenvalue weighted by molar-refractivity contribution is -0.139. The lowest BCUT2D eigenvalue weighted by Gasteiger charge is -2.15. The standard InChI is InChI=1S/C14H22N2O5/c1-20-9-4-5-11(14(18)19)15-13(17)12-6-3-7-16(12)8-10-21-2/h3,6-7,11H,4-5,8-10H2,1-2H3,(H,15,17)(H,18,19). The van der Waals surface area contributed by atoms with Crippen molar-refractivity contribution in [1.82, 2.24) is 9.88 Å². The summed E-state index contributed by atoms with van der Waals surface area (Å²) < 4.78 is 11.6. The highest BCUT2D eigenvalue weighted by Crippen LogP contribution is 2.05. The molecule has 21 heavy (non-hydrogen) atoms. The van der Waals surface area contributed by atoms with Crippen molar-refractivity contribution in [2.45, 2.75) is 25.4 Å². The van der Waals surface area contributed by atoms with Crippen LogP contribution in [0.5, 0.6) is 0 Å². The molecule has 7 heteroatoms. The molecule has 1 rings (SSSR count). The van der Waals surface area contributed by atoms with Crippen molar-refractivity contribution in [3.05, 3.63) is 24.0 Å². The van der Waals surface area contributed by atoms with E-state index in [9.17, 15) is 9.59 Å². The second-order valence-electron chi connectivity index (χ2n) is 4.58. The molecule has 1 aromatic heterocycles. The van der Waals surface area contributed by atoms with Crippen LogP contribution in [0.2, 0.25) is 0 Å². The van der Waals surface area contributed by atoms with Gasteiger partial charge in [-0.05, 0) is 25.0 Å². The third-order valence-corrected chi connectivity index (χ3v) is 3.04. The number of carboxylic acids is 1. The van der Waals surface area contributed by atoms with Crippen molar-refractivity contribution in [3.63, 3.8) is 0 Å². The van der Waals surface area contributed by atoms with E-state index in [0.29, 0.717) is 38.3 Å². The van der Waals surface area contributed by atoms with Gasteiger partial charge >= 0.3 is 5.97 Å². The van der Waals surface area contributed by atoms with Gasteiger partial charge in [-0.1, -0.05) is 0 Å². The molecule has 118 valence electrons. The molecular weight excluding hydrogens is 276 g/mol. The molecule has 0 aromatic carbocycles. The summed E-state index contributed by atoms with van der Waals surface area (Å²) in [6.45, 7) is 1.47. The molecule has 0 fully saturated rings. The minimum atomic E-state index is -1.05. The fraction of sp³-hybridized carbons (Fsp3) is 0.571. The number of aromatic nitrogens is 1. The molecular formula is C14H22N2O5. The topological polar surface area (TPSA) is 89.8 Å². The molecule has 1 unspecified atom stereocenters. The number of carboxylic acid groups (broad SMARTS) is 1. The van der Waals surface area contributed by atoms with E-state index in [1.165, 1.54) is 0 Å². The molecule has 1 atom stereocenters. The quantitative estimate of drug-likeness (QED) is 0.622. The molecule has 0 spiro atoms. The van der Waals surface area contributed by atoms with Gasteiger partial charge in [-0.25, -0.2) is 4.79 Å². The van der Waals surface area contributed by atoms with Crippen molar-refractivity contribution >= 4 is 11.9 Å². The molecule has 0 saturated carbocycles. The molecule has 0 aliphatic heterocycles. The largest absolute Gasteiger partial charge is 0.480 e. The Morgan fingerprint density at radius 2 is 2.05 bits per heavy atom. The zero-order chi connectivity index (χ0) is 15.7. The first-order valence-electron chi connectivity index (χ1n) is 6.76. The van der Waals surface area contributed by atoms with Crippen LogP contribution in [0.15, 0.2) is 18.3 Å². The molecule has 0 bridgehead atoms. The van der Waals surface area contributed by atoms with E-state index in [1.54, 1.807) is 37.1 Å². The first-order valence-corrected chi connectivity index (χ1v) is 6.76. The van der Waals surface area contributed by atoms with Gasteiger partial charge in [-0.3, -0.25) is 4.79 Å². The van der Waals surface area contributed by atoms with Gasteiger partial charge in [0, 0.05) is 33.6 Å². The number of nitrogens with zero attached hydrogens (tertiary/aromatic N) is 1. The second kappa shape index (κ2) is 9.15. The number of carbonyl (C=O) groups excluding carboxylic acids is 1. The SMILES string of the molecule is COCCCC(NC(=O)c1cccn1CCOC)C(=O)O. The Balaban J connectivity index is 2.64. The van der Waals surface area contributed by atoms with Crippen LogP contribution in [-0.4, -0.2) is 55.0 Å². The lowest BCUT2D eigenvalue weighted by Crippen LogP contribution is -2.41. The average molecular weight is 298 g/mol. The number of carbonyl (C=O) groups is 2. The molecule has 7 nitrogen and oxygen atoms in total. The summed E-state index contributed by atoms with van der Waals surface area (Å²) in [7, 11) is 3.14. The molecule has 1 heterocycles. The van der Waals surface area contributed by atoms with E-state index in [2.05, 4.69) is 5.32 Å². The molecule has 0 radical (unpaired) electrons. The van der Waals surface area contributed by atoms with Crippen molar-refractivity contribution in [2.75, 3.05) is 27.4 Å². The summed E-state index contributed by atoms with van der Waals surface area (Å²) in [5.41, 5.74) is 0.421. The van der Waals surface area contributed by atoms with Crippen LogP contribution in [0.3, 0.4) is 0 Å². The van der Waals surface area contributed by atoms with Gasteiger partial charge in [0.15, 0.2) is 0 Å². The van der Waals surface area contributed by atoms with E-state index >= 15 is 0 Å². The number of hydrogen-bond acceptors (Lipinski definition) is 4. The number of aliphatic carboxylic acids is 1. The Kier molecular flexibility index (Phi) is 7.49. The number of methoxy groups -OCH3 is 2. The van der Waals surface area contributed by atoms with E-state index in [1.807, 2.05) is 0 Å². The highest BCUT2D eigenvalue weighted by Gasteiger charge is 2.21. The maximum atomic E-state index is 12.2. The van der Waals surface area contributed by atoms with Gasteiger partial charge in [0.2, 0.25) is 0 Å². The normalized spacial score (nSPS) is 12.1. The number of rotatable bonds is 10. The minimum Gasteiger partial charge on any atom is -0.480 e. The van der Waals surface area contributed by atoms with Crippen LogP contribution in [0.25, 0.3) is 0 Å². The van der Waals surface area contributed by atoms with Crippen LogP contribution in [0, 0.1) is 0 Å². The summed E-state index contributed by atoms with van der Waals surface area (Å²) in [5.74, 6) is -1.45. The third kappa shape index (κ3) is 5.57. The molecule has 0 aliphatic rings. The fourth-order valence-electron chi connectivity index (χ4n) is 1.93. The van der Waals surface area contributed by atoms with Gasteiger partial charge in [-0.15, -0.1) is 0 Å². The van der Waals surface area contributed by atoms with Crippen molar-refractivity contribution in [3.8, 4) is 0 Å². The monoisotopic (exact) mass is 298 g/mol. The predicted molar refractivity (Wildman–Crippen MR) is 76.3 cm³/mol.